The predicted octanol–water partition coefficient (Wildman–Crippen LogP) is 3.82. The number of likely N-dealkylation sites (N-methyl/N-ethyl adjacent to an activating group) is 1. The number of nitrogens with zero attached hydrogens (tertiary/aromatic N) is 3. The number of hydrogen-bond donors (Lipinski definition) is 2. The fourth-order valence-electron chi connectivity index (χ4n) is 4.72. The van der Waals surface area contributed by atoms with Gasteiger partial charge in [0.15, 0.2) is 17.2 Å². The van der Waals surface area contributed by atoms with Gasteiger partial charge < -0.3 is 25.2 Å². The molecule has 2 N–H and O–H groups in total. The lowest BCUT2D eigenvalue weighted by Gasteiger charge is -2.34. The van der Waals surface area contributed by atoms with Gasteiger partial charge in [0.05, 0.1) is 17.9 Å². The van der Waals surface area contributed by atoms with Crippen LogP contribution >= 0.6 is 0 Å². The highest BCUT2D eigenvalue weighted by atomic mass is 19.2. The Balaban J connectivity index is 1.58. The van der Waals surface area contributed by atoms with E-state index in [1.807, 2.05) is 31.2 Å². The Hall–Kier alpha value is -3.72. The molecule has 0 radical (unpaired) electrons. The van der Waals surface area contributed by atoms with Crippen LogP contribution in [0.25, 0.3) is 0 Å². The summed E-state index contributed by atoms with van der Waals surface area (Å²) >= 11 is 0. The Morgan fingerprint density at radius 3 is 2.49 bits per heavy atom. The van der Waals surface area contributed by atoms with Crippen LogP contribution in [0, 0.1) is 11.6 Å². The van der Waals surface area contributed by atoms with E-state index in [1.54, 1.807) is 18.3 Å². The van der Waals surface area contributed by atoms with Gasteiger partial charge in [0, 0.05) is 55.4 Å². The number of ether oxygens (including phenoxy) is 1. The quantitative estimate of drug-likeness (QED) is 0.560. The molecule has 2 aliphatic heterocycles. The van der Waals surface area contributed by atoms with Crippen LogP contribution in [0.2, 0.25) is 0 Å². The van der Waals surface area contributed by atoms with Crippen LogP contribution in [0.5, 0.6) is 5.88 Å². The van der Waals surface area contributed by atoms with E-state index < -0.39 is 23.1 Å². The van der Waals surface area contributed by atoms with Crippen molar-refractivity contribution in [1.29, 1.82) is 0 Å². The second-order valence-corrected chi connectivity index (χ2v) is 8.77. The van der Waals surface area contributed by atoms with E-state index in [-0.39, 0.29) is 17.1 Å². The number of piperazine rings is 1. The summed E-state index contributed by atoms with van der Waals surface area (Å²) in [5.41, 5.74) is 1.02. The molecular weight excluding hydrogens is 452 g/mol. The Labute approximate surface area is 202 Å². The number of hydrogen-bond acceptors (Lipinski definition) is 6. The summed E-state index contributed by atoms with van der Waals surface area (Å²) in [6.45, 7) is 5.98. The molecule has 0 bridgehead atoms. The molecule has 1 amide bonds. The van der Waals surface area contributed by atoms with Crippen LogP contribution in [0.15, 0.2) is 54.7 Å². The normalized spacial score (nSPS) is 19.9. The summed E-state index contributed by atoms with van der Waals surface area (Å²) in [6.07, 6.45) is 1.56. The van der Waals surface area contributed by atoms with Crippen molar-refractivity contribution in [3.05, 3.63) is 77.5 Å². The van der Waals surface area contributed by atoms with Gasteiger partial charge in [-0.25, -0.2) is 13.8 Å². The average molecular weight is 480 g/mol. The second kappa shape index (κ2) is 9.14. The minimum atomic E-state index is -1.57. The smallest absolute Gasteiger partial charge is 0.259 e. The third-order valence-corrected chi connectivity index (χ3v) is 6.58. The van der Waals surface area contributed by atoms with E-state index in [4.69, 9.17) is 4.74 Å². The van der Waals surface area contributed by atoms with Crippen LogP contribution in [0.3, 0.4) is 0 Å². The van der Waals surface area contributed by atoms with Gasteiger partial charge in [-0.15, -0.1) is 0 Å². The summed E-state index contributed by atoms with van der Waals surface area (Å²) in [6, 6.07) is 13.2. The number of fused-ring (bicyclic) bond motifs is 1. The average Bonchev–Trinajstić information content (AvgIpc) is 3.12. The summed E-state index contributed by atoms with van der Waals surface area (Å²) in [7, 11) is 2.11. The molecule has 1 aromatic heterocycles. The second-order valence-electron chi connectivity index (χ2n) is 8.77. The van der Waals surface area contributed by atoms with E-state index in [2.05, 4.69) is 32.5 Å². The lowest BCUT2D eigenvalue weighted by Crippen LogP contribution is -2.44. The van der Waals surface area contributed by atoms with Gasteiger partial charge in [-0.05, 0) is 56.4 Å². The summed E-state index contributed by atoms with van der Waals surface area (Å²) in [4.78, 5) is 22.5. The number of benzene rings is 2. The van der Waals surface area contributed by atoms with E-state index in [0.717, 1.165) is 44.0 Å². The standard InChI is InChI=1S/C26H27F2N5O2/c1-3-35-24-19(5-4-10-29-24)26(20-15-21(27)22(28)16-23(20)30-25(26)34)31-17-6-8-18(9-7-17)33-13-11-32(2)12-14-33/h4-10,15-16,31H,3,11-14H2,1-2H3,(H,30,34). The zero-order valence-corrected chi connectivity index (χ0v) is 19.6. The van der Waals surface area contributed by atoms with Gasteiger partial charge in [0.2, 0.25) is 5.88 Å². The zero-order chi connectivity index (χ0) is 24.6. The molecule has 1 atom stereocenters. The number of aromatic nitrogens is 1. The molecule has 1 fully saturated rings. The highest BCUT2D eigenvalue weighted by Gasteiger charge is 2.51. The van der Waals surface area contributed by atoms with Crippen molar-refractivity contribution < 1.29 is 18.3 Å². The maximum Gasteiger partial charge on any atom is 0.259 e. The fraction of sp³-hybridized carbons (Fsp3) is 0.308. The van der Waals surface area contributed by atoms with Gasteiger partial charge in [0.25, 0.3) is 5.91 Å². The molecule has 0 aliphatic carbocycles. The number of anilines is 3. The van der Waals surface area contributed by atoms with Crippen molar-refractivity contribution in [3.8, 4) is 5.88 Å². The highest BCUT2D eigenvalue weighted by Crippen LogP contribution is 2.46. The van der Waals surface area contributed by atoms with Gasteiger partial charge in [-0.1, -0.05) is 0 Å². The number of amides is 1. The third kappa shape index (κ3) is 4.05. The molecule has 2 aromatic carbocycles. The summed E-state index contributed by atoms with van der Waals surface area (Å²) in [5.74, 6) is -2.31. The lowest BCUT2D eigenvalue weighted by molar-refractivity contribution is -0.118. The zero-order valence-electron chi connectivity index (χ0n) is 19.6. The van der Waals surface area contributed by atoms with Crippen molar-refractivity contribution in [1.82, 2.24) is 9.88 Å². The Morgan fingerprint density at radius 2 is 1.77 bits per heavy atom. The Bertz CT molecular complexity index is 1240. The monoisotopic (exact) mass is 479 g/mol. The topological polar surface area (TPSA) is 69.7 Å². The first kappa shape index (κ1) is 23.0. The molecular formula is C26H27F2N5O2. The molecule has 35 heavy (non-hydrogen) atoms. The van der Waals surface area contributed by atoms with Crippen molar-refractivity contribution >= 4 is 23.0 Å². The summed E-state index contributed by atoms with van der Waals surface area (Å²) in [5, 5.41) is 6.02. The number of carbonyl (C=O) groups is 1. The van der Waals surface area contributed by atoms with Crippen LogP contribution in [-0.2, 0) is 10.3 Å². The third-order valence-electron chi connectivity index (χ3n) is 6.58. The largest absolute Gasteiger partial charge is 0.478 e. The number of nitrogens with one attached hydrogen (secondary N) is 2. The first-order chi connectivity index (χ1) is 16.9. The van der Waals surface area contributed by atoms with Gasteiger partial charge in [-0.3, -0.25) is 4.79 Å². The SMILES string of the molecule is CCOc1ncccc1C1(Nc2ccc(N3CCN(C)CC3)cc2)C(=O)Nc2cc(F)c(F)cc21. The van der Waals surface area contributed by atoms with Crippen LogP contribution in [-0.4, -0.2) is 55.6 Å². The van der Waals surface area contributed by atoms with Crippen LogP contribution < -0.4 is 20.3 Å². The van der Waals surface area contributed by atoms with Crippen molar-refractivity contribution in [2.24, 2.45) is 0 Å². The van der Waals surface area contributed by atoms with E-state index in [9.17, 15) is 13.6 Å². The van der Waals surface area contributed by atoms with Crippen molar-refractivity contribution in [2.75, 3.05) is 55.4 Å². The first-order valence-corrected chi connectivity index (χ1v) is 11.6. The molecule has 7 nitrogen and oxygen atoms in total. The molecule has 1 saturated heterocycles. The molecule has 3 heterocycles. The molecule has 3 aromatic rings. The minimum absolute atomic E-state index is 0.196. The fourth-order valence-corrected chi connectivity index (χ4v) is 4.72. The lowest BCUT2D eigenvalue weighted by atomic mass is 9.83. The Morgan fingerprint density at radius 1 is 1.06 bits per heavy atom. The maximum atomic E-state index is 14.4. The number of carbonyl (C=O) groups excluding carboxylic acids is 1. The number of rotatable bonds is 6. The van der Waals surface area contributed by atoms with Gasteiger partial charge >= 0.3 is 0 Å². The minimum Gasteiger partial charge on any atom is -0.478 e. The number of halogens is 2. The predicted molar refractivity (Wildman–Crippen MR) is 131 cm³/mol. The maximum absolute atomic E-state index is 14.4. The molecule has 182 valence electrons. The van der Waals surface area contributed by atoms with E-state index in [0.29, 0.717) is 17.9 Å². The Kier molecular flexibility index (Phi) is 6.02. The van der Waals surface area contributed by atoms with Crippen molar-refractivity contribution in [2.45, 2.75) is 12.5 Å². The molecule has 0 spiro atoms. The molecule has 9 heteroatoms. The van der Waals surface area contributed by atoms with Gasteiger partial charge in [-0.2, -0.15) is 0 Å². The van der Waals surface area contributed by atoms with Gasteiger partial charge in [0.1, 0.15) is 0 Å². The molecule has 2 aliphatic rings. The van der Waals surface area contributed by atoms with Crippen LogP contribution in [0.1, 0.15) is 18.1 Å². The summed E-state index contributed by atoms with van der Waals surface area (Å²) < 4.78 is 34.2. The molecule has 5 rings (SSSR count). The van der Waals surface area contributed by atoms with E-state index in [1.165, 1.54) is 0 Å². The molecule has 1 unspecified atom stereocenters. The number of pyridine rings is 1. The highest BCUT2D eigenvalue weighted by molar-refractivity contribution is 6.10. The first-order valence-electron chi connectivity index (χ1n) is 11.6. The van der Waals surface area contributed by atoms with Crippen LogP contribution in [0.4, 0.5) is 25.8 Å². The van der Waals surface area contributed by atoms with Crippen molar-refractivity contribution in [3.63, 3.8) is 0 Å². The molecule has 0 saturated carbocycles. The van der Waals surface area contributed by atoms with E-state index >= 15 is 0 Å².